The van der Waals surface area contributed by atoms with Gasteiger partial charge in [0, 0.05) is 24.5 Å². The van der Waals surface area contributed by atoms with E-state index in [2.05, 4.69) is 0 Å². The van der Waals surface area contributed by atoms with Gasteiger partial charge in [-0.3, -0.25) is 0 Å². The summed E-state index contributed by atoms with van der Waals surface area (Å²) in [6.07, 6.45) is 5.05. The zero-order valence-corrected chi connectivity index (χ0v) is 10.7. The number of phenols is 1. The van der Waals surface area contributed by atoms with Crippen molar-refractivity contribution in [3.05, 3.63) is 35.7 Å². The van der Waals surface area contributed by atoms with Gasteiger partial charge in [-0.05, 0) is 30.5 Å². The lowest BCUT2D eigenvalue weighted by atomic mass is 9.89. The smallest absolute Gasteiger partial charge is 0.172 e. The lowest BCUT2D eigenvalue weighted by molar-refractivity contribution is -0.268. The Morgan fingerprint density at radius 1 is 1.21 bits per heavy atom. The first-order chi connectivity index (χ1) is 9.19. The fourth-order valence-corrected chi connectivity index (χ4v) is 2.70. The minimum Gasteiger partial charge on any atom is -0.508 e. The second-order valence-electron chi connectivity index (χ2n) is 5.06. The van der Waals surface area contributed by atoms with E-state index in [1.807, 2.05) is 6.08 Å². The second kappa shape index (κ2) is 4.94. The van der Waals surface area contributed by atoms with E-state index in [1.165, 1.54) is 6.07 Å². The van der Waals surface area contributed by atoms with Gasteiger partial charge in [0.1, 0.15) is 11.6 Å². The van der Waals surface area contributed by atoms with Crippen LogP contribution in [0.1, 0.15) is 31.2 Å². The molecule has 19 heavy (non-hydrogen) atoms. The van der Waals surface area contributed by atoms with E-state index in [1.54, 1.807) is 6.07 Å². The van der Waals surface area contributed by atoms with Crippen LogP contribution in [0.5, 0.6) is 5.75 Å². The molecule has 102 valence electrons. The standard InChI is InChI=1S/C15H17FO3/c16-14-10-12(17)2-3-13(14)11-4-6-15(7-5-11)18-8-1-9-19-15/h2-4,10,17H,1,5-9H2. The Kier molecular flexibility index (Phi) is 3.29. The molecule has 3 rings (SSSR count). The minimum absolute atomic E-state index is 0.0481. The van der Waals surface area contributed by atoms with Crippen LogP contribution in [-0.2, 0) is 9.47 Å². The Bertz CT molecular complexity index is 504. The predicted octanol–water partition coefficient (Wildman–Crippen LogP) is 3.23. The van der Waals surface area contributed by atoms with E-state index >= 15 is 0 Å². The number of phenolic OH excluding ortho intramolecular Hbond substituents is 1. The second-order valence-corrected chi connectivity index (χ2v) is 5.06. The van der Waals surface area contributed by atoms with E-state index in [4.69, 9.17) is 9.47 Å². The maximum absolute atomic E-state index is 13.8. The van der Waals surface area contributed by atoms with E-state index < -0.39 is 5.79 Å². The molecule has 0 aromatic heterocycles. The average Bonchev–Trinajstić information content (AvgIpc) is 2.41. The first-order valence-corrected chi connectivity index (χ1v) is 6.64. The third-order valence-corrected chi connectivity index (χ3v) is 3.75. The summed E-state index contributed by atoms with van der Waals surface area (Å²) in [6, 6.07) is 4.28. The van der Waals surface area contributed by atoms with Crippen molar-refractivity contribution < 1.29 is 19.0 Å². The molecule has 2 aliphatic rings. The van der Waals surface area contributed by atoms with Crippen LogP contribution in [0.4, 0.5) is 4.39 Å². The fraction of sp³-hybridized carbons (Fsp3) is 0.467. The zero-order chi connectivity index (χ0) is 13.3. The SMILES string of the molecule is Oc1ccc(C2=CCC3(CC2)OCCCO3)c(F)c1. The largest absolute Gasteiger partial charge is 0.508 e. The van der Waals surface area contributed by atoms with E-state index in [0.29, 0.717) is 12.0 Å². The van der Waals surface area contributed by atoms with Crippen LogP contribution < -0.4 is 0 Å². The molecule has 0 amide bonds. The van der Waals surface area contributed by atoms with Crippen molar-refractivity contribution in [3.8, 4) is 5.75 Å². The molecule has 1 aromatic carbocycles. The van der Waals surface area contributed by atoms with Crippen molar-refractivity contribution >= 4 is 5.57 Å². The van der Waals surface area contributed by atoms with Crippen molar-refractivity contribution in [1.29, 1.82) is 0 Å². The molecule has 4 heteroatoms. The number of aromatic hydroxyl groups is 1. The minimum atomic E-state index is -0.491. The molecule has 0 unspecified atom stereocenters. The number of allylic oxidation sites excluding steroid dienone is 1. The monoisotopic (exact) mass is 264 g/mol. The molecule has 0 radical (unpaired) electrons. The number of benzene rings is 1. The number of rotatable bonds is 1. The van der Waals surface area contributed by atoms with Crippen molar-refractivity contribution in [1.82, 2.24) is 0 Å². The first kappa shape index (κ1) is 12.6. The predicted molar refractivity (Wildman–Crippen MR) is 69.1 cm³/mol. The van der Waals surface area contributed by atoms with Gasteiger partial charge >= 0.3 is 0 Å². The Hall–Kier alpha value is -1.39. The van der Waals surface area contributed by atoms with Crippen LogP contribution in [0.15, 0.2) is 24.3 Å². The molecule has 1 spiro atoms. The Morgan fingerprint density at radius 2 is 2.00 bits per heavy atom. The van der Waals surface area contributed by atoms with Crippen LogP contribution in [0, 0.1) is 5.82 Å². The summed E-state index contributed by atoms with van der Waals surface area (Å²) < 4.78 is 25.3. The van der Waals surface area contributed by atoms with Crippen molar-refractivity contribution in [2.24, 2.45) is 0 Å². The zero-order valence-electron chi connectivity index (χ0n) is 10.7. The van der Waals surface area contributed by atoms with Crippen molar-refractivity contribution in [2.75, 3.05) is 13.2 Å². The van der Waals surface area contributed by atoms with Crippen LogP contribution in [0.2, 0.25) is 0 Å². The molecule has 1 fully saturated rings. The molecule has 3 nitrogen and oxygen atoms in total. The average molecular weight is 264 g/mol. The summed E-state index contributed by atoms with van der Waals surface area (Å²) in [5.41, 5.74) is 1.52. The summed E-state index contributed by atoms with van der Waals surface area (Å²) in [4.78, 5) is 0. The quantitative estimate of drug-likeness (QED) is 0.846. The van der Waals surface area contributed by atoms with Gasteiger partial charge in [-0.2, -0.15) is 0 Å². The molecular weight excluding hydrogens is 247 g/mol. The lowest BCUT2D eigenvalue weighted by Gasteiger charge is -2.39. The number of halogens is 1. The summed E-state index contributed by atoms with van der Waals surface area (Å²) >= 11 is 0. The summed E-state index contributed by atoms with van der Waals surface area (Å²) in [5.74, 6) is -0.921. The van der Waals surface area contributed by atoms with Gasteiger partial charge in [-0.25, -0.2) is 4.39 Å². The highest BCUT2D eigenvalue weighted by molar-refractivity contribution is 5.67. The van der Waals surface area contributed by atoms with Crippen LogP contribution in [0.3, 0.4) is 0 Å². The Balaban J connectivity index is 1.80. The maximum Gasteiger partial charge on any atom is 0.172 e. The maximum atomic E-state index is 13.8. The lowest BCUT2D eigenvalue weighted by Crippen LogP contribution is -2.41. The highest BCUT2D eigenvalue weighted by Crippen LogP contribution is 2.38. The summed E-state index contributed by atoms with van der Waals surface area (Å²) in [6.45, 7) is 1.47. The third kappa shape index (κ3) is 2.51. The highest BCUT2D eigenvalue weighted by Gasteiger charge is 2.36. The summed E-state index contributed by atoms with van der Waals surface area (Å²) in [5, 5.41) is 9.24. The Labute approximate surface area is 111 Å². The molecule has 0 atom stereocenters. The molecule has 1 saturated heterocycles. The molecule has 0 saturated carbocycles. The molecule has 1 heterocycles. The van der Waals surface area contributed by atoms with E-state index in [0.717, 1.165) is 44.1 Å². The number of hydrogen-bond donors (Lipinski definition) is 1. The van der Waals surface area contributed by atoms with E-state index in [-0.39, 0.29) is 11.6 Å². The highest BCUT2D eigenvalue weighted by atomic mass is 19.1. The molecule has 1 aliphatic heterocycles. The van der Waals surface area contributed by atoms with Gasteiger partial charge in [0.15, 0.2) is 5.79 Å². The molecule has 1 aromatic rings. The van der Waals surface area contributed by atoms with Crippen LogP contribution in [-0.4, -0.2) is 24.1 Å². The molecule has 1 N–H and O–H groups in total. The molecule has 0 bridgehead atoms. The molecule has 1 aliphatic carbocycles. The van der Waals surface area contributed by atoms with Crippen LogP contribution in [0.25, 0.3) is 5.57 Å². The van der Waals surface area contributed by atoms with E-state index in [9.17, 15) is 9.50 Å². The topological polar surface area (TPSA) is 38.7 Å². The number of ether oxygens (including phenoxy) is 2. The fourth-order valence-electron chi connectivity index (χ4n) is 2.70. The third-order valence-electron chi connectivity index (χ3n) is 3.75. The van der Waals surface area contributed by atoms with Gasteiger partial charge < -0.3 is 14.6 Å². The van der Waals surface area contributed by atoms with Crippen molar-refractivity contribution in [3.63, 3.8) is 0 Å². The van der Waals surface area contributed by atoms with Crippen molar-refractivity contribution in [2.45, 2.75) is 31.5 Å². The number of hydrogen-bond acceptors (Lipinski definition) is 3. The van der Waals surface area contributed by atoms with Gasteiger partial charge in [-0.15, -0.1) is 0 Å². The summed E-state index contributed by atoms with van der Waals surface area (Å²) in [7, 11) is 0. The van der Waals surface area contributed by atoms with Crippen LogP contribution >= 0.6 is 0 Å². The molecular formula is C15H17FO3. The van der Waals surface area contributed by atoms with Gasteiger partial charge in [0.05, 0.1) is 13.2 Å². The van der Waals surface area contributed by atoms with Gasteiger partial charge in [0.25, 0.3) is 0 Å². The normalized spacial score (nSPS) is 22.3. The Morgan fingerprint density at radius 3 is 2.63 bits per heavy atom. The van der Waals surface area contributed by atoms with Gasteiger partial charge in [0.2, 0.25) is 0 Å². The van der Waals surface area contributed by atoms with Gasteiger partial charge in [-0.1, -0.05) is 6.08 Å². The first-order valence-electron chi connectivity index (χ1n) is 6.64.